The summed E-state index contributed by atoms with van der Waals surface area (Å²) < 4.78 is 9.47. The van der Waals surface area contributed by atoms with Crippen LogP contribution < -0.4 is 11.1 Å². The number of H-pyrrole nitrogens is 1. The van der Waals surface area contributed by atoms with Crippen LogP contribution in [0.15, 0.2) is 48.7 Å². The first kappa shape index (κ1) is 29.9. The third-order valence-corrected chi connectivity index (χ3v) is 7.22. The summed E-state index contributed by atoms with van der Waals surface area (Å²) in [7, 11) is 2.44. The van der Waals surface area contributed by atoms with Gasteiger partial charge in [0.1, 0.15) is 6.04 Å². The van der Waals surface area contributed by atoms with E-state index in [0.717, 1.165) is 31.1 Å². The number of benzene rings is 2. The van der Waals surface area contributed by atoms with E-state index in [9.17, 15) is 19.2 Å². The summed E-state index contributed by atoms with van der Waals surface area (Å²) in [5.41, 5.74) is 8.64. The molecule has 1 aromatic heterocycles. The number of nitrogens with one attached hydrogen (secondary N) is 3. The fraction of sp³-hybridized carbons (Fsp3) is 0.323. The molecule has 0 unspecified atom stereocenters. The van der Waals surface area contributed by atoms with Gasteiger partial charge in [-0.3, -0.25) is 15.0 Å². The summed E-state index contributed by atoms with van der Waals surface area (Å²) in [6.45, 7) is 1.25. The molecule has 1 saturated heterocycles. The Morgan fingerprint density at radius 1 is 1.12 bits per heavy atom. The molecule has 218 valence electrons. The Morgan fingerprint density at radius 2 is 1.88 bits per heavy atom. The van der Waals surface area contributed by atoms with Crippen molar-refractivity contribution >= 4 is 40.5 Å². The largest absolute Gasteiger partial charge is 0.467 e. The molecule has 42 heavy (non-hydrogen) atoms. The van der Waals surface area contributed by atoms with Crippen molar-refractivity contribution in [3.8, 4) is 11.8 Å². The van der Waals surface area contributed by atoms with Gasteiger partial charge in [0.25, 0.3) is 5.78 Å². The van der Waals surface area contributed by atoms with Crippen LogP contribution in [0.25, 0.3) is 10.9 Å². The van der Waals surface area contributed by atoms with Crippen molar-refractivity contribution in [3.05, 3.63) is 70.9 Å². The van der Waals surface area contributed by atoms with Crippen LogP contribution in [0.3, 0.4) is 0 Å². The number of nitrogens with two attached hydrogens (primary N) is 1. The highest BCUT2D eigenvalue weighted by molar-refractivity contribution is 6.43. The number of ether oxygens (including phenoxy) is 2. The number of carbonyl (C=O) groups is 4. The topological polar surface area (TPSA) is 168 Å². The molecule has 1 aliphatic rings. The Morgan fingerprint density at radius 3 is 2.57 bits per heavy atom. The van der Waals surface area contributed by atoms with Crippen molar-refractivity contribution in [1.29, 1.82) is 5.41 Å². The molecule has 0 spiro atoms. The normalized spacial score (nSPS) is 15.2. The van der Waals surface area contributed by atoms with Crippen LogP contribution >= 0.6 is 0 Å². The molecule has 2 heterocycles. The zero-order chi connectivity index (χ0) is 30.2. The van der Waals surface area contributed by atoms with Crippen molar-refractivity contribution < 1.29 is 28.7 Å². The number of guanidine groups is 1. The lowest BCUT2D eigenvalue weighted by Gasteiger charge is -2.32. The number of carbonyl (C=O) groups excluding carboxylic acids is 4. The average Bonchev–Trinajstić information content (AvgIpc) is 3.44. The van der Waals surface area contributed by atoms with Crippen molar-refractivity contribution in [3.63, 3.8) is 0 Å². The first-order valence-corrected chi connectivity index (χ1v) is 13.5. The molecule has 11 nitrogen and oxygen atoms in total. The number of ketones is 1. The molecule has 11 heteroatoms. The average molecular weight is 572 g/mol. The number of rotatable bonds is 8. The Balaban J connectivity index is 1.42. The number of piperidine rings is 1. The number of likely N-dealkylation sites (tertiary alicyclic amines) is 1. The number of esters is 2. The maximum atomic E-state index is 12.8. The number of hydrogen-bond acceptors (Lipinski definition) is 7. The molecule has 1 amide bonds. The summed E-state index contributed by atoms with van der Waals surface area (Å²) in [6, 6.07) is 11.7. The maximum absolute atomic E-state index is 12.8. The molecule has 2 aromatic carbocycles. The van der Waals surface area contributed by atoms with Crippen LogP contribution in [0.4, 0.5) is 0 Å². The lowest BCUT2D eigenvalue weighted by Crippen LogP contribution is -2.46. The van der Waals surface area contributed by atoms with Crippen molar-refractivity contribution in [1.82, 2.24) is 15.2 Å². The van der Waals surface area contributed by atoms with Crippen LogP contribution in [0.2, 0.25) is 0 Å². The van der Waals surface area contributed by atoms with Gasteiger partial charge in [0, 0.05) is 48.6 Å². The van der Waals surface area contributed by atoms with E-state index in [4.69, 9.17) is 15.9 Å². The summed E-state index contributed by atoms with van der Waals surface area (Å²) in [6.07, 6.45) is 3.65. The fourth-order valence-electron chi connectivity index (χ4n) is 5.05. The number of para-hydroxylation sites is 1. The van der Waals surface area contributed by atoms with Crippen molar-refractivity contribution in [2.45, 2.75) is 31.7 Å². The van der Waals surface area contributed by atoms with Gasteiger partial charge in [0.15, 0.2) is 5.96 Å². The minimum Gasteiger partial charge on any atom is -0.467 e. The molecule has 2 atom stereocenters. The first-order valence-electron chi connectivity index (χ1n) is 13.5. The van der Waals surface area contributed by atoms with E-state index in [-0.39, 0.29) is 36.2 Å². The van der Waals surface area contributed by atoms with Crippen LogP contribution in [0, 0.1) is 23.2 Å². The predicted molar refractivity (Wildman–Crippen MR) is 156 cm³/mol. The molecule has 0 radical (unpaired) electrons. The summed E-state index contributed by atoms with van der Waals surface area (Å²) >= 11 is 0. The lowest BCUT2D eigenvalue weighted by molar-refractivity contribution is -0.145. The summed E-state index contributed by atoms with van der Waals surface area (Å²) in [4.78, 5) is 54.0. The van der Waals surface area contributed by atoms with Crippen molar-refractivity contribution in [2.75, 3.05) is 27.3 Å². The van der Waals surface area contributed by atoms with Gasteiger partial charge >= 0.3 is 11.9 Å². The second-order valence-corrected chi connectivity index (χ2v) is 10.1. The van der Waals surface area contributed by atoms with Crippen LogP contribution in [0.5, 0.6) is 0 Å². The minimum absolute atomic E-state index is 0.00305. The van der Waals surface area contributed by atoms with E-state index in [0.29, 0.717) is 29.6 Å². The van der Waals surface area contributed by atoms with Crippen LogP contribution in [0.1, 0.15) is 46.3 Å². The number of aromatic amines is 1. The molecular weight excluding hydrogens is 538 g/mol. The van der Waals surface area contributed by atoms with Gasteiger partial charge in [0.2, 0.25) is 5.91 Å². The SMILES string of the molecule is COC(=O)C(=O)c1c[nH]c2c(C#Cc3ccc(C[C@H](NC(=O)C[C@@H]4CCCN(C(=N)N)C4)C(=O)OC)cc3)cccc12. The molecule has 4 rings (SSSR count). The monoisotopic (exact) mass is 571 g/mol. The highest BCUT2D eigenvalue weighted by Crippen LogP contribution is 2.23. The van der Waals surface area contributed by atoms with Gasteiger partial charge in [0.05, 0.1) is 25.3 Å². The van der Waals surface area contributed by atoms with E-state index in [1.54, 1.807) is 23.1 Å². The van der Waals surface area contributed by atoms with Gasteiger partial charge in [-0.1, -0.05) is 36.1 Å². The zero-order valence-electron chi connectivity index (χ0n) is 23.5. The van der Waals surface area contributed by atoms with Gasteiger partial charge in [-0.2, -0.15) is 0 Å². The van der Waals surface area contributed by atoms with E-state index >= 15 is 0 Å². The predicted octanol–water partition coefficient (Wildman–Crippen LogP) is 2.12. The highest BCUT2D eigenvalue weighted by Gasteiger charge is 2.27. The third kappa shape index (κ3) is 7.14. The summed E-state index contributed by atoms with van der Waals surface area (Å²) in [5.74, 6) is 3.78. The number of nitrogens with zero attached hydrogens (tertiary/aromatic N) is 1. The molecule has 0 bridgehead atoms. The van der Waals surface area contributed by atoms with Crippen molar-refractivity contribution in [2.24, 2.45) is 11.7 Å². The minimum atomic E-state index is -0.938. The Kier molecular flexibility index (Phi) is 9.60. The molecular formula is C31H33N5O6. The number of methoxy groups -OCH3 is 2. The second-order valence-electron chi connectivity index (χ2n) is 10.1. The number of Topliss-reactive ketones (excluding diaryl/α,β-unsaturated/α-hetero) is 1. The lowest BCUT2D eigenvalue weighted by atomic mass is 9.94. The maximum Gasteiger partial charge on any atom is 0.379 e. The van der Waals surface area contributed by atoms with E-state index in [1.807, 2.05) is 24.3 Å². The molecule has 1 aliphatic heterocycles. The Hall–Kier alpha value is -5.11. The van der Waals surface area contributed by atoms with Crippen LogP contribution in [-0.4, -0.2) is 72.8 Å². The second kappa shape index (κ2) is 13.5. The number of hydrogen-bond donors (Lipinski definition) is 4. The van der Waals surface area contributed by atoms with Gasteiger partial charge in [-0.05, 0) is 42.5 Å². The molecule has 0 aliphatic carbocycles. The first-order chi connectivity index (χ1) is 20.2. The fourth-order valence-corrected chi connectivity index (χ4v) is 5.05. The number of aromatic nitrogens is 1. The van der Waals surface area contributed by atoms with Crippen LogP contribution in [-0.2, 0) is 30.3 Å². The summed E-state index contributed by atoms with van der Waals surface area (Å²) in [5, 5.41) is 11.0. The Labute approximate surface area is 243 Å². The standard InChI is InChI=1S/C31H33N5O6/c1-41-29(39)25(35-26(37)16-21-5-4-14-36(18-21)31(32)33)15-20-10-8-19(9-11-20)12-13-22-6-3-7-23-24(17-34-27(22)23)28(38)30(40)42-2/h3,6-11,17,21,25,34H,4-5,14-16,18H2,1-2H3,(H3,32,33)(H,35,37)/t21-,25-/m0/s1. The van der Waals surface area contributed by atoms with E-state index in [1.165, 1.54) is 13.3 Å². The van der Waals surface area contributed by atoms with Gasteiger partial charge in [-0.15, -0.1) is 0 Å². The number of fused-ring (bicyclic) bond motifs is 1. The van der Waals surface area contributed by atoms with E-state index < -0.39 is 23.8 Å². The molecule has 5 N–H and O–H groups in total. The molecule has 1 fully saturated rings. The quantitative estimate of drug-likeness (QED) is 0.0796. The smallest absolute Gasteiger partial charge is 0.379 e. The van der Waals surface area contributed by atoms with E-state index in [2.05, 4.69) is 26.9 Å². The zero-order valence-corrected chi connectivity index (χ0v) is 23.5. The highest BCUT2D eigenvalue weighted by atomic mass is 16.5. The van der Waals surface area contributed by atoms with Gasteiger partial charge < -0.3 is 30.4 Å². The third-order valence-electron chi connectivity index (χ3n) is 7.22. The number of amides is 1. The molecule has 0 saturated carbocycles. The molecule has 3 aromatic rings. The Bertz CT molecular complexity index is 1570. The van der Waals surface area contributed by atoms with Gasteiger partial charge in [-0.25, -0.2) is 9.59 Å².